The molecule has 0 amide bonds. The summed E-state index contributed by atoms with van der Waals surface area (Å²) in [7, 11) is 0. The molecule has 3 N–H and O–H groups in total. The lowest BCUT2D eigenvalue weighted by Gasteiger charge is -2.22. The zero-order valence-electron chi connectivity index (χ0n) is 11.1. The molecule has 1 aliphatic carbocycles. The second-order valence-corrected chi connectivity index (χ2v) is 6.34. The number of thioether (sulfide) groups is 1. The van der Waals surface area contributed by atoms with Crippen molar-refractivity contribution in [2.75, 3.05) is 0 Å². The van der Waals surface area contributed by atoms with E-state index in [1.54, 1.807) is 0 Å². The van der Waals surface area contributed by atoms with Crippen molar-refractivity contribution in [1.82, 2.24) is 4.98 Å². The molecule has 0 radical (unpaired) electrons. The summed E-state index contributed by atoms with van der Waals surface area (Å²) in [6, 6.07) is 2.00. The standard InChI is InChI=1S/C14H21N3S/c1-9-8-10(2)17-14(12(9)13(15)16)18-11-6-4-3-5-7-11/h8,11H,3-7H2,1-2H3,(H3,15,16). The molecule has 1 aliphatic rings. The second kappa shape index (κ2) is 5.74. The van der Waals surface area contributed by atoms with E-state index >= 15 is 0 Å². The molecular weight excluding hydrogens is 242 g/mol. The fraction of sp³-hybridized carbons (Fsp3) is 0.571. The normalized spacial score (nSPS) is 16.8. The van der Waals surface area contributed by atoms with Crippen LogP contribution in [0.15, 0.2) is 11.1 Å². The number of nitrogens with one attached hydrogen (secondary N) is 1. The van der Waals surface area contributed by atoms with Crippen molar-refractivity contribution < 1.29 is 0 Å². The Morgan fingerprint density at radius 1 is 1.33 bits per heavy atom. The lowest BCUT2D eigenvalue weighted by atomic mass is 10.0. The molecule has 4 heteroatoms. The highest BCUT2D eigenvalue weighted by Gasteiger charge is 2.19. The van der Waals surface area contributed by atoms with E-state index in [4.69, 9.17) is 11.1 Å². The average molecular weight is 263 g/mol. The molecule has 1 heterocycles. The molecule has 1 saturated carbocycles. The highest BCUT2D eigenvalue weighted by molar-refractivity contribution is 7.99. The smallest absolute Gasteiger partial charge is 0.125 e. The maximum atomic E-state index is 7.73. The number of nitrogen functional groups attached to an aromatic ring is 1. The quantitative estimate of drug-likeness (QED) is 0.649. The SMILES string of the molecule is Cc1cc(C)c(C(=N)N)c(SC2CCCCC2)n1. The van der Waals surface area contributed by atoms with Crippen LogP contribution in [0.5, 0.6) is 0 Å². The van der Waals surface area contributed by atoms with Crippen LogP contribution < -0.4 is 5.73 Å². The zero-order chi connectivity index (χ0) is 13.1. The van der Waals surface area contributed by atoms with Gasteiger partial charge in [-0.25, -0.2) is 4.98 Å². The Morgan fingerprint density at radius 2 is 2.00 bits per heavy atom. The molecule has 0 unspecified atom stereocenters. The molecule has 0 atom stereocenters. The first-order valence-corrected chi connectivity index (χ1v) is 7.45. The van der Waals surface area contributed by atoms with Crippen molar-refractivity contribution in [3.8, 4) is 0 Å². The number of aromatic nitrogens is 1. The van der Waals surface area contributed by atoms with Crippen LogP contribution in [0.1, 0.15) is 48.9 Å². The van der Waals surface area contributed by atoms with Crippen LogP contribution in [0.4, 0.5) is 0 Å². The first-order valence-electron chi connectivity index (χ1n) is 6.57. The Bertz CT molecular complexity index is 451. The number of amidine groups is 1. The Hall–Kier alpha value is -1.03. The van der Waals surface area contributed by atoms with E-state index in [2.05, 4.69) is 4.98 Å². The number of nitrogens with zero attached hydrogens (tertiary/aromatic N) is 1. The predicted molar refractivity (Wildman–Crippen MR) is 77.5 cm³/mol. The Kier molecular flexibility index (Phi) is 4.27. The third-order valence-corrected chi connectivity index (χ3v) is 4.73. The van der Waals surface area contributed by atoms with Gasteiger partial charge in [-0.3, -0.25) is 5.41 Å². The molecule has 1 aromatic heterocycles. The van der Waals surface area contributed by atoms with Crippen LogP contribution in [-0.4, -0.2) is 16.1 Å². The third kappa shape index (κ3) is 3.05. The molecule has 0 bridgehead atoms. The molecule has 1 fully saturated rings. The summed E-state index contributed by atoms with van der Waals surface area (Å²) in [5, 5.41) is 9.32. The molecule has 0 spiro atoms. The maximum Gasteiger partial charge on any atom is 0.125 e. The molecule has 1 aromatic rings. The maximum absolute atomic E-state index is 7.73. The first kappa shape index (κ1) is 13.4. The summed E-state index contributed by atoms with van der Waals surface area (Å²) in [5.41, 5.74) is 8.60. The fourth-order valence-electron chi connectivity index (χ4n) is 2.56. The van der Waals surface area contributed by atoms with Crippen LogP contribution in [0, 0.1) is 19.3 Å². The molecule has 18 heavy (non-hydrogen) atoms. The van der Waals surface area contributed by atoms with Gasteiger partial charge in [0.15, 0.2) is 0 Å². The Balaban J connectivity index is 2.27. The van der Waals surface area contributed by atoms with Crippen LogP contribution in [0.25, 0.3) is 0 Å². The summed E-state index contributed by atoms with van der Waals surface area (Å²) in [4.78, 5) is 4.59. The van der Waals surface area contributed by atoms with Crippen LogP contribution in [0.2, 0.25) is 0 Å². The molecule has 2 rings (SSSR count). The molecule has 98 valence electrons. The van der Waals surface area contributed by atoms with Crippen molar-refractivity contribution in [2.45, 2.75) is 56.2 Å². The Morgan fingerprint density at radius 3 is 2.61 bits per heavy atom. The fourth-order valence-corrected chi connectivity index (χ4v) is 4.03. The Labute approximate surface area is 113 Å². The van der Waals surface area contributed by atoms with Gasteiger partial charge in [0.1, 0.15) is 10.9 Å². The number of pyridine rings is 1. The van der Waals surface area contributed by atoms with Gasteiger partial charge in [-0.15, -0.1) is 11.8 Å². The van der Waals surface area contributed by atoms with E-state index in [0.717, 1.165) is 21.8 Å². The van der Waals surface area contributed by atoms with Crippen molar-refractivity contribution in [1.29, 1.82) is 5.41 Å². The highest BCUT2D eigenvalue weighted by atomic mass is 32.2. The van der Waals surface area contributed by atoms with Gasteiger partial charge < -0.3 is 5.73 Å². The van der Waals surface area contributed by atoms with Gasteiger partial charge in [-0.05, 0) is 38.3 Å². The van der Waals surface area contributed by atoms with Gasteiger partial charge in [0.25, 0.3) is 0 Å². The number of aryl methyl sites for hydroxylation is 2. The second-order valence-electron chi connectivity index (χ2n) is 5.05. The molecule has 0 aromatic carbocycles. The van der Waals surface area contributed by atoms with Gasteiger partial charge in [-0.1, -0.05) is 19.3 Å². The first-order chi connectivity index (χ1) is 8.58. The highest BCUT2D eigenvalue weighted by Crippen LogP contribution is 2.35. The molecule has 0 saturated heterocycles. The minimum absolute atomic E-state index is 0.137. The van der Waals surface area contributed by atoms with Crippen molar-refractivity contribution in [3.63, 3.8) is 0 Å². The third-order valence-electron chi connectivity index (χ3n) is 3.41. The monoisotopic (exact) mass is 263 g/mol. The van der Waals surface area contributed by atoms with Crippen molar-refractivity contribution in [2.24, 2.45) is 5.73 Å². The topological polar surface area (TPSA) is 62.8 Å². The largest absolute Gasteiger partial charge is 0.384 e. The van der Waals surface area contributed by atoms with Crippen molar-refractivity contribution in [3.05, 3.63) is 22.9 Å². The summed E-state index contributed by atoms with van der Waals surface area (Å²) in [5.74, 6) is 0.137. The summed E-state index contributed by atoms with van der Waals surface area (Å²) in [6.45, 7) is 4.01. The number of nitrogens with two attached hydrogens (primary N) is 1. The van der Waals surface area contributed by atoms with Crippen LogP contribution >= 0.6 is 11.8 Å². The molecule has 0 aliphatic heterocycles. The molecular formula is C14H21N3S. The summed E-state index contributed by atoms with van der Waals surface area (Å²) in [6.07, 6.45) is 6.51. The van der Waals surface area contributed by atoms with E-state index in [-0.39, 0.29) is 5.84 Å². The van der Waals surface area contributed by atoms with Gasteiger partial charge in [0.05, 0.1) is 5.56 Å². The van der Waals surface area contributed by atoms with E-state index in [1.807, 2.05) is 31.7 Å². The van der Waals surface area contributed by atoms with Gasteiger partial charge >= 0.3 is 0 Å². The summed E-state index contributed by atoms with van der Waals surface area (Å²) < 4.78 is 0. The number of hydrogen-bond donors (Lipinski definition) is 2. The van der Waals surface area contributed by atoms with Crippen LogP contribution in [-0.2, 0) is 0 Å². The lowest BCUT2D eigenvalue weighted by molar-refractivity contribution is 0.515. The summed E-state index contributed by atoms with van der Waals surface area (Å²) >= 11 is 1.82. The van der Waals surface area contributed by atoms with Crippen molar-refractivity contribution >= 4 is 17.6 Å². The minimum Gasteiger partial charge on any atom is -0.384 e. The zero-order valence-corrected chi connectivity index (χ0v) is 11.9. The van der Waals surface area contributed by atoms with E-state index in [1.165, 1.54) is 32.1 Å². The number of hydrogen-bond acceptors (Lipinski definition) is 3. The van der Waals surface area contributed by atoms with Gasteiger partial charge in [0.2, 0.25) is 0 Å². The molecule has 3 nitrogen and oxygen atoms in total. The minimum atomic E-state index is 0.137. The van der Waals surface area contributed by atoms with Gasteiger partial charge in [0, 0.05) is 10.9 Å². The van der Waals surface area contributed by atoms with E-state index in [0.29, 0.717) is 5.25 Å². The predicted octanol–water partition coefficient (Wildman–Crippen LogP) is 3.41. The lowest BCUT2D eigenvalue weighted by Crippen LogP contribution is -2.17. The van der Waals surface area contributed by atoms with Crippen LogP contribution in [0.3, 0.4) is 0 Å². The average Bonchev–Trinajstić information content (AvgIpc) is 2.28. The van der Waals surface area contributed by atoms with Gasteiger partial charge in [-0.2, -0.15) is 0 Å². The number of rotatable bonds is 3. The van der Waals surface area contributed by atoms with E-state index < -0.39 is 0 Å². The van der Waals surface area contributed by atoms with E-state index in [9.17, 15) is 0 Å².